The predicted molar refractivity (Wildman–Crippen MR) is 207 cm³/mol. The molecule has 1 spiro atoms. The molecule has 13 nitrogen and oxygen atoms in total. The lowest BCUT2D eigenvalue weighted by molar-refractivity contribution is -0.137. The SMILES string of the molecule is CCCC(NC(=O)C1CC2(CN1[C@H](O)C(NC(=O)OC(C)(C)C)C(C)(C)C)SCCCS2)[C@@H](O)C(=O)NCC(=O)NC(c1ccccc1)c1ccco1. The van der Waals surface area contributed by atoms with Gasteiger partial charge in [0.1, 0.15) is 23.6 Å². The molecule has 2 aliphatic heterocycles. The van der Waals surface area contributed by atoms with Crippen molar-refractivity contribution in [2.45, 2.75) is 120 Å². The Morgan fingerprint density at radius 3 is 2.25 bits per heavy atom. The number of benzene rings is 1. The summed E-state index contributed by atoms with van der Waals surface area (Å²) in [6.45, 7) is 12.8. The monoisotopic (exact) mass is 775 g/mol. The third-order valence-electron chi connectivity index (χ3n) is 9.16. The average Bonchev–Trinajstić information content (AvgIpc) is 3.76. The summed E-state index contributed by atoms with van der Waals surface area (Å²) in [5.74, 6) is 0.619. The Labute approximate surface area is 321 Å². The van der Waals surface area contributed by atoms with E-state index in [0.717, 1.165) is 23.5 Å². The van der Waals surface area contributed by atoms with Crippen molar-refractivity contribution in [2.75, 3.05) is 24.6 Å². The maximum atomic E-state index is 14.2. The van der Waals surface area contributed by atoms with E-state index in [2.05, 4.69) is 21.3 Å². The fourth-order valence-electron chi connectivity index (χ4n) is 6.56. The number of aliphatic hydroxyl groups excluding tert-OH is 2. The molecule has 0 radical (unpaired) electrons. The lowest BCUT2D eigenvalue weighted by atomic mass is 9.85. The second-order valence-electron chi connectivity index (χ2n) is 15.7. The molecule has 4 amide bonds. The highest BCUT2D eigenvalue weighted by molar-refractivity contribution is 8.18. The van der Waals surface area contributed by atoms with Crippen LogP contribution in [0, 0.1) is 5.41 Å². The van der Waals surface area contributed by atoms with Crippen molar-refractivity contribution in [3.63, 3.8) is 0 Å². The highest BCUT2D eigenvalue weighted by Crippen LogP contribution is 2.51. The Hall–Kier alpha value is -3.24. The van der Waals surface area contributed by atoms with Crippen molar-refractivity contribution in [3.8, 4) is 0 Å². The van der Waals surface area contributed by atoms with Gasteiger partial charge in [-0.15, -0.1) is 23.5 Å². The highest BCUT2D eigenvalue weighted by atomic mass is 32.2. The second kappa shape index (κ2) is 18.4. The molecule has 2 fully saturated rings. The molecule has 3 heterocycles. The van der Waals surface area contributed by atoms with Crippen molar-refractivity contribution in [1.82, 2.24) is 26.2 Å². The van der Waals surface area contributed by atoms with E-state index < -0.39 is 77.9 Å². The average molecular weight is 776 g/mol. The third kappa shape index (κ3) is 11.9. The number of aliphatic hydroxyl groups is 2. The number of alkyl carbamates (subject to hydrolysis) is 1. The van der Waals surface area contributed by atoms with Crippen LogP contribution in [0.1, 0.15) is 91.5 Å². The van der Waals surface area contributed by atoms with Gasteiger partial charge in [0.05, 0.1) is 35.0 Å². The topological polar surface area (TPSA) is 182 Å². The summed E-state index contributed by atoms with van der Waals surface area (Å²) in [5, 5.41) is 34.4. The number of hydrogen-bond acceptors (Lipinski definition) is 11. The molecule has 6 N–H and O–H groups in total. The Balaban J connectivity index is 1.46. The van der Waals surface area contributed by atoms with E-state index in [9.17, 15) is 29.4 Å². The first kappa shape index (κ1) is 42.5. The van der Waals surface area contributed by atoms with E-state index in [1.54, 1.807) is 61.3 Å². The van der Waals surface area contributed by atoms with Crippen molar-refractivity contribution < 1.29 is 38.5 Å². The Morgan fingerprint density at radius 2 is 1.66 bits per heavy atom. The van der Waals surface area contributed by atoms with Crippen LogP contribution in [0.15, 0.2) is 53.1 Å². The number of nitrogens with zero attached hydrogens (tertiary/aromatic N) is 1. The first-order chi connectivity index (χ1) is 24.9. The van der Waals surface area contributed by atoms with Crippen molar-refractivity contribution in [1.29, 1.82) is 0 Å². The second-order valence-corrected chi connectivity index (χ2v) is 19.0. The molecule has 2 aromatic rings. The van der Waals surface area contributed by atoms with Crippen molar-refractivity contribution in [2.24, 2.45) is 5.41 Å². The van der Waals surface area contributed by atoms with Gasteiger partial charge in [-0.2, -0.15) is 0 Å². The summed E-state index contributed by atoms with van der Waals surface area (Å²) in [5.41, 5.74) is -0.576. The zero-order valence-electron chi connectivity index (χ0n) is 31.8. The Bertz CT molecular complexity index is 1510. The number of carbonyl (C=O) groups excluding carboxylic acids is 4. The molecular weight excluding hydrogens is 719 g/mol. The number of nitrogens with one attached hydrogen (secondary N) is 4. The third-order valence-corrected chi connectivity index (χ3v) is 12.5. The van der Waals surface area contributed by atoms with E-state index in [1.807, 2.05) is 58.0 Å². The minimum atomic E-state index is -1.65. The summed E-state index contributed by atoms with van der Waals surface area (Å²) in [4.78, 5) is 55.1. The van der Waals surface area contributed by atoms with Gasteiger partial charge in [-0.05, 0) is 74.7 Å². The smallest absolute Gasteiger partial charge is 0.408 e. The molecular formula is C38H57N5O8S2. The van der Waals surface area contributed by atoms with E-state index in [4.69, 9.17) is 9.15 Å². The molecule has 15 heteroatoms. The minimum Gasteiger partial charge on any atom is -0.467 e. The standard InChI is InChI=1S/C38H57N5O8S2/c1-8-14-25(30(45)33(47)39-22-28(44)41-29(27-17-12-18-50-27)24-15-10-9-11-16-24)40-32(46)26-21-38(52-19-13-20-53-38)23-43(26)34(48)31(36(2,3)4)42-35(49)51-37(5,6)7/h9-12,15-18,25-26,29-31,34,45,48H,8,13-14,19-23H2,1-7H3,(H,39,47)(H,40,46)(H,41,44)(H,42,49)/t25?,26?,29?,30-,31?,34-/m1/s1. The van der Waals surface area contributed by atoms with Gasteiger partial charge in [0.2, 0.25) is 11.8 Å². The first-order valence-corrected chi connectivity index (χ1v) is 20.3. The molecule has 6 atom stereocenters. The summed E-state index contributed by atoms with van der Waals surface area (Å²) >= 11 is 3.54. The van der Waals surface area contributed by atoms with Gasteiger partial charge in [-0.3, -0.25) is 19.3 Å². The van der Waals surface area contributed by atoms with Crippen LogP contribution >= 0.6 is 23.5 Å². The van der Waals surface area contributed by atoms with Gasteiger partial charge in [0.25, 0.3) is 5.91 Å². The van der Waals surface area contributed by atoms with Crippen LogP contribution in [0.4, 0.5) is 4.79 Å². The molecule has 0 aliphatic carbocycles. The number of ether oxygens (including phenoxy) is 1. The zero-order chi connectivity index (χ0) is 39.0. The highest BCUT2D eigenvalue weighted by Gasteiger charge is 2.53. The number of likely N-dealkylation sites (tertiary alicyclic amines) is 1. The number of amides is 4. The zero-order valence-corrected chi connectivity index (χ0v) is 33.5. The number of hydrogen-bond donors (Lipinski definition) is 6. The van der Waals surface area contributed by atoms with Gasteiger partial charge in [-0.1, -0.05) is 64.4 Å². The Morgan fingerprint density at radius 1 is 0.981 bits per heavy atom. The van der Waals surface area contributed by atoms with E-state index in [-0.39, 0.29) is 10.5 Å². The quantitative estimate of drug-likeness (QED) is 0.162. The fraction of sp³-hybridized carbons (Fsp3) is 0.632. The number of carbonyl (C=O) groups is 4. The van der Waals surface area contributed by atoms with Gasteiger partial charge in [0, 0.05) is 6.54 Å². The normalized spacial score (nSPS) is 20.4. The molecule has 2 aliphatic rings. The van der Waals surface area contributed by atoms with Gasteiger partial charge < -0.3 is 40.6 Å². The Kier molecular flexibility index (Phi) is 14.8. The molecule has 294 valence electrons. The van der Waals surface area contributed by atoms with Gasteiger partial charge in [-0.25, -0.2) is 4.79 Å². The molecule has 0 saturated carbocycles. The van der Waals surface area contributed by atoms with Crippen molar-refractivity contribution in [3.05, 3.63) is 60.1 Å². The van der Waals surface area contributed by atoms with Crippen LogP contribution in [0.5, 0.6) is 0 Å². The van der Waals surface area contributed by atoms with Crippen LogP contribution in [0.2, 0.25) is 0 Å². The summed E-state index contributed by atoms with van der Waals surface area (Å²) in [6.07, 6.45) is 0.243. The first-order valence-electron chi connectivity index (χ1n) is 18.3. The molecule has 4 rings (SSSR count). The largest absolute Gasteiger partial charge is 0.467 e. The van der Waals surface area contributed by atoms with E-state index in [0.29, 0.717) is 25.1 Å². The van der Waals surface area contributed by atoms with Crippen molar-refractivity contribution >= 4 is 47.3 Å². The summed E-state index contributed by atoms with van der Waals surface area (Å²) < 4.78 is 10.7. The lowest BCUT2D eigenvalue weighted by Gasteiger charge is -2.41. The van der Waals surface area contributed by atoms with Gasteiger partial charge >= 0.3 is 6.09 Å². The fourth-order valence-corrected chi connectivity index (χ4v) is 9.93. The molecule has 53 heavy (non-hydrogen) atoms. The molecule has 4 unspecified atom stereocenters. The van der Waals surface area contributed by atoms with Crippen LogP contribution in [-0.2, 0) is 19.1 Å². The maximum Gasteiger partial charge on any atom is 0.408 e. The van der Waals surface area contributed by atoms with Crippen LogP contribution < -0.4 is 21.3 Å². The summed E-state index contributed by atoms with van der Waals surface area (Å²) in [7, 11) is 0. The van der Waals surface area contributed by atoms with Crippen LogP contribution in [-0.4, -0.2) is 104 Å². The van der Waals surface area contributed by atoms with E-state index >= 15 is 0 Å². The lowest BCUT2D eigenvalue weighted by Crippen LogP contribution is -2.61. The summed E-state index contributed by atoms with van der Waals surface area (Å²) in [6, 6.07) is 9.57. The predicted octanol–water partition coefficient (Wildman–Crippen LogP) is 4.15. The van der Waals surface area contributed by atoms with Crippen LogP contribution in [0.25, 0.3) is 0 Å². The molecule has 0 bridgehead atoms. The maximum absolute atomic E-state index is 14.2. The molecule has 1 aromatic carbocycles. The van der Waals surface area contributed by atoms with Gasteiger partial charge in [0.15, 0.2) is 6.10 Å². The van der Waals surface area contributed by atoms with E-state index in [1.165, 1.54) is 6.26 Å². The number of rotatable bonds is 14. The van der Waals surface area contributed by atoms with Crippen LogP contribution in [0.3, 0.4) is 0 Å². The molecule has 1 aromatic heterocycles. The minimum absolute atomic E-state index is 0.288. The number of thioether (sulfide) groups is 2. The number of furan rings is 1. The molecule has 2 saturated heterocycles.